The van der Waals surface area contributed by atoms with Crippen LogP contribution in [-0.2, 0) is 37.0 Å². The molecular weight excluding hydrogens is 506 g/mol. The molecule has 7 nitrogen and oxygen atoms in total. The molecule has 2 N–H and O–H groups in total. The normalized spacial score (nSPS) is 20.6. The second-order valence-electron chi connectivity index (χ2n) is 9.59. The highest BCUT2D eigenvalue weighted by molar-refractivity contribution is 5.90. The predicted octanol–water partition coefficient (Wildman–Crippen LogP) is 4.35. The van der Waals surface area contributed by atoms with Crippen LogP contribution >= 0.6 is 0 Å². The number of aliphatic hydroxyl groups is 1. The maximum absolute atomic E-state index is 13.5. The van der Waals surface area contributed by atoms with E-state index in [2.05, 4.69) is 5.32 Å². The summed E-state index contributed by atoms with van der Waals surface area (Å²) in [4.78, 5) is 26.8. The van der Waals surface area contributed by atoms with Gasteiger partial charge in [-0.3, -0.25) is 4.79 Å². The van der Waals surface area contributed by atoms with Crippen molar-refractivity contribution in [2.24, 2.45) is 0 Å². The highest BCUT2D eigenvalue weighted by atomic mass is 16.6. The van der Waals surface area contributed by atoms with Crippen LogP contribution in [0.4, 0.5) is 0 Å². The quantitative estimate of drug-likeness (QED) is 0.292. The summed E-state index contributed by atoms with van der Waals surface area (Å²) in [7, 11) is 0. The second kappa shape index (κ2) is 13.2. The highest BCUT2D eigenvalue weighted by Crippen LogP contribution is 2.28. The molecule has 1 saturated heterocycles. The number of esters is 1. The van der Waals surface area contributed by atoms with E-state index in [9.17, 15) is 14.7 Å². The van der Waals surface area contributed by atoms with Gasteiger partial charge in [-0.05, 0) is 22.3 Å². The van der Waals surface area contributed by atoms with E-state index in [0.717, 1.165) is 22.3 Å². The number of ether oxygens (including phenoxy) is 3. The molecule has 1 heterocycles. The number of carbonyl (C=O) groups excluding carboxylic acids is 2. The predicted molar refractivity (Wildman–Crippen MR) is 149 cm³/mol. The summed E-state index contributed by atoms with van der Waals surface area (Å²) in [5, 5.41) is 14.0. The van der Waals surface area contributed by atoms with Crippen molar-refractivity contribution in [1.82, 2.24) is 5.32 Å². The van der Waals surface area contributed by atoms with Crippen molar-refractivity contribution in [3.05, 3.63) is 144 Å². The van der Waals surface area contributed by atoms with Crippen molar-refractivity contribution in [1.29, 1.82) is 0 Å². The summed E-state index contributed by atoms with van der Waals surface area (Å²) in [6, 6.07) is 36.1. The lowest BCUT2D eigenvalue weighted by atomic mass is 9.94. The number of benzene rings is 4. The first-order chi connectivity index (χ1) is 19.6. The van der Waals surface area contributed by atoms with E-state index in [1.54, 1.807) is 0 Å². The molecule has 1 amide bonds. The minimum Gasteiger partial charge on any atom is -0.451 e. The number of aliphatic hydroxyl groups excluding tert-OH is 1. The number of rotatable bonds is 10. The molecule has 1 fully saturated rings. The molecule has 0 spiro atoms. The van der Waals surface area contributed by atoms with Gasteiger partial charge in [-0.1, -0.05) is 121 Å². The molecule has 4 aromatic rings. The Bertz CT molecular complexity index is 1330. The summed E-state index contributed by atoms with van der Waals surface area (Å²) in [5.74, 6) is -1.33. The average molecular weight is 538 g/mol. The lowest BCUT2D eigenvalue weighted by Gasteiger charge is -2.39. The number of amides is 1. The second-order valence-corrected chi connectivity index (χ2v) is 9.59. The molecule has 0 aromatic heterocycles. The topological polar surface area (TPSA) is 94.1 Å². The molecule has 4 atom stereocenters. The van der Waals surface area contributed by atoms with E-state index in [1.807, 2.05) is 121 Å². The fourth-order valence-corrected chi connectivity index (χ4v) is 4.69. The Hall–Kier alpha value is -4.30. The van der Waals surface area contributed by atoms with Crippen molar-refractivity contribution in [3.8, 4) is 0 Å². The molecule has 4 aromatic carbocycles. The third-order valence-corrected chi connectivity index (χ3v) is 6.78. The van der Waals surface area contributed by atoms with E-state index in [-0.39, 0.29) is 13.2 Å². The van der Waals surface area contributed by atoms with Gasteiger partial charge in [-0.15, -0.1) is 0 Å². The molecule has 204 valence electrons. The van der Waals surface area contributed by atoms with E-state index >= 15 is 0 Å². The van der Waals surface area contributed by atoms with Crippen molar-refractivity contribution < 1.29 is 28.9 Å². The number of hydrogen-bond acceptors (Lipinski definition) is 6. The molecular formula is C33H31NO6. The Morgan fingerprint density at radius 1 is 0.700 bits per heavy atom. The zero-order valence-corrected chi connectivity index (χ0v) is 21.8. The van der Waals surface area contributed by atoms with Gasteiger partial charge >= 0.3 is 5.97 Å². The fraction of sp³-hybridized carbons (Fsp3) is 0.212. The van der Waals surface area contributed by atoms with Gasteiger partial charge in [-0.25, -0.2) is 4.79 Å². The highest BCUT2D eigenvalue weighted by Gasteiger charge is 2.49. The number of piperidine rings is 1. The summed E-state index contributed by atoms with van der Waals surface area (Å²) < 4.78 is 18.0. The van der Waals surface area contributed by atoms with Crippen LogP contribution in [0, 0.1) is 0 Å². The first-order valence-corrected chi connectivity index (χ1v) is 13.2. The summed E-state index contributed by atoms with van der Waals surface area (Å²) >= 11 is 0. The SMILES string of the molecule is O=C(OC(c1ccccc1)c1ccccc1)[C@@H]1NC(=O)[C@H](OCc2ccccc2)[C@@H](OCc2ccccc2)[C@@H]1O. The molecule has 7 heteroatoms. The summed E-state index contributed by atoms with van der Waals surface area (Å²) in [6.45, 7) is 0.259. The van der Waals surface area contributed by atoms with Crippen LogP contribution in [0.5, 0.6) is 0 Å². The lowest BCUT2D eigenvalue weighted by Crippen LogP contribution is -2.66. The maximum atomic E-state index is 13.5. The molecule has 1 aliphatic rings. The van der Waals surface area contributed by atoms with Crippen molar-refractivity contribution in [2.45, 2.75) is 43.7 Å². The number of hydrogen-bond donors (Lipinski definition) is 2. The third-order valence-electron chi connectivity index (χ3n) is 6.78. The fourth-order valence-electron chi connectivity index (χ4n) is 4.69. The number of nitrogens with one attached hydrogen (secondary N) is 1. The monoisotopic (exact) mass is 537 g/mol. The van der Waals surface area contributed by atoms with Gasteiger partial charge in [0.15, 0.2) is 18.2 Å². The van der Waals surface area contributed by atoms with Crippen LogP contribution in [-0.4, -0.2) is 41.3 Å². The van der Waals surface area contributed by atoms with Gasteiger partial charge in [0.25, 0.3) is 5.91 Å². The molecule has 1 aliphatic heterocycles. The minimum atomic E-state index is -1.41. The Balaban J connectivity index is 1.36. The van der Waals surface area contributed by atoms with E-state index in [1.165, 1.54) is 0 Å². The summed E-state index contributed by atoms with van der Waals surface area (Å²) in [5.41, 5.74) is 3.25. The molecule has 40 heavy (non-hydrogen) atoms. The third kappa shape index (κ3) is 6.63. The van der Waals surface area contributed by atoms with Crippen LogP contribution in [0.25, 0.3) is 0 Å². The van der Waals surface area contributed by atoms with Gasteiger partial charge in [0.2, 0.25) is 0 Å². The maximum Gasteiger partial charge on any atom is 0.332 e. The standard InChI is InChI=1S/C33H31NO6/c35-28-27(33(37)40-29(25-17-9-3-10-18-25)26-19-11-4-12-20-26)34-32(36)31(39-22-24-15-7-2-8-16-24)30(28)38-21-23-13-5-1-6-14-23/h1-20,27-31,35H,21-22H2,(H,34,36)/t27-,28-,30+,31-/m1/s1. The van der Waals surface area contributed by atoms with Gasteiger partial charge in [-0.2, -0.15) is 0 Å². The van der Waals surface area contributed by atoms with Crippen molar-refractivity contribution in [3.63, 3.8) is 0 Å². The Morgan fingerprint density at radius 3 is 1.65 bits per heavy atom. The van der Waals surface area contributed by atoms with Gasteiger partial charge < -0.3 is 24.6 Å². The number of carbonyl (C=O) groups is 2. The van der Waals surface area contributed by atoms with E-state index in [0.29, 0.717) is 0 Å². The van der Waals surface area contributed by atoms with Crippen LogP contribution in [0.2, 0.25) is 0 Å². The zero-order chi connectivity index (χ0) is 27.7. The van der Waals surface area contributed by atoms with Gasteiger partial charge in [0.1, 0.15) is 12.2 Å². The van der Waals surface area contributed by atoms with Crippen LogP contribution in [0.1, 0.15) is 28.4 Å². The zero-order valence-electron chi connectivity index (χ0n) is 21.8. The minimum absolute atomic E-state index is 0.124. The molecule has 0 aliphatic carbocycles. The average Bonchev–Trinajstić information content (AvgIpc) is 3.01. The molecule has 5 rings (SSSR count). The van der Waals surface area contributed by atoms with Gasteiger partial charge in [0, 0.05) is 0 Å². The first-order valence-electron chi connectivity index (χ1n) is 13.2. The van der Waals surface area contributed by atoms with Crippen LogP contribution in [0.15, 0.2) is 121 Å². The molecule has 0 unspecified atom stereocenters. The van der Waals surface area contributed by atoms with E-state index < -0.39 is 42.3 Å². The lowest BCUT2D eigenvalue weighted by molar-refractivity contribution is -0.186. The Kier molecular flexibility index (Phi) is 8.98. The Labute approximate surface area is 233 Å². The van der Waals surface area contributed by atoms with Crippen molar-refractivity contribution >= 4 is 11.9 Å². The molecule has 0 radical (unpaired) electrons. The van der Waals surface area contributed by atoms with Crippen molar-refractivity contribution in [2.75, 3.05) is 0 Å². The van der Waals surface area contributed by atoms with Crippen LogP contribution < -0.4 is 5.32 Å². The smallest absolute Gasteiger partial charge is 0.332 e. The molecule has 0 bridgehead atoms. The van der Waals surface area contributed by atoms with Crippen LogP contribution in [0.3, 0.4) is 0 Å². The largest absolute Gasteiger partial charge is 0.451 e. The summed E-state index contributed by atoms with van der Waals surface area (Å²) in [6.07, 6.45) is -4.39. The Morgan fingerprint density at radius 2 is 1.15 bits per heavy atom. The van der Waals surface area contributed by atoms with E-state index in [4.69, 9.17) is 14.2 Å². The van der Waals surface area contributed by atoms with Gasteiger partial charge in [0.05, 0.1) is 13.2 Å². The molecule has 0 saturated carbocycles. The first kappa shape index (κ1) is 27.3.